The van der Waals surface area contributed by atoms with Crippen molar-refractivity contribution < 1.29 is 13.6 Å². The monoisotopic (exact) mass is 165 g/mol. The van der Waals surface area contributed by atoms with Crippen LogP contribution in [0.3, 0.4) is 0 Å². The van der Waals surface area contributed by atoms with E-state index in [1.54, 1.807) is 6.92 Å². The molecule has 0 aliphatic carbocycles. The lowest BCUT2D eigenvalue weighted by molar-refractivity contribution is -0.111. The third-order valence-corrected chi connectivity index (χ3v) is 1.32. The van der Waals surface area contributed by atoms with Crippen molar-refractivity contribution in [1.82, 2.24) is 0 Å². The minimum Gasteiger partial charge on any atom is -0.322 e. The largest absolute Gasteiger partial charge is 0.322 e. The maximum Gasteiger partial charge on any atom is 0.250 e. The number of rotatable bonds is 5. The minimum atomic E-state index is -2.78. The van der Waals surface area contributed by atoms with Gasteiger partial charge in [-0.05, 0) is 0 Å². The van der Waals surface area contributed by atoms with Crippen molar-refractivity contribution in [2.24, 2.45) is 5.73 Å². The van der Waals surface area contributed by atoms with Gasteiger partial charge in [-0.15, -0.1) is 0 Å². The molecule has 0 heterocycles. The normalized spacial score (nSPS) is 14.5. The molecule has 1 unspecified atom stereocenters. The molecule has 1 atom stereocenters. The van der Waals surface area contributed by atoms with Gasteiger partial charge in [-0.3, -0.25) is 0 Å². The summed E-state index contributed by atoms with van der Waals surface area (Å²) in [6.07, 6.45) is 0.0149. The average Bonchev–Trinajstić information content (AvgIpc) is 1.86. The molecular formula is C7H13F2NO. The molecule has 0 aromatic heterocycles. The van der Waals surface area contributed by atoms with E-state index in [9.17, 15) is 13.6 Å². The summed E-state index contributed by atoms with van der Waals surface area (Å²) in [5.41, 5.74) is 5.04. The molecule has 4 heteroatoms. The Morgan fingerprint density at radius 3 is 2.55 bits per heavy atom. The van der Waals surface area contributed by atoms with Crippen molar-refractivity contribution >= 4 is 6.29 Å². The quantitative estimate of drug-likeness (QED) is 0.624. The highest BCUT2D eigenvalue weighted by Gasteiger charge is 2.29. The van der Waals surface area contributed by atoms with Gasteiger partial charge in [0.15, 0.2) is 0 Å². The van der Waals surface area contributed by atoms with Crippen molar-refractivity contribution in [3.63, 3.8) is 0 Å². The molecule has 0 aliphatic heterocycles. The first-order chi connectivity index (χ1) is 5.02. The van der Waals surface area contributed by atoms with Crippen LogP contribution in [0.1, 0.15) is 26.2 Å². The molecule has 0 saturated heterocycles. The van der Waals surface area contributed by atoms with Crippen molar-refractivity contribution in [2.45, 2.75) is 38.2 Å². The van der Waals surface area contributed by atoms with Crippen LogP contribution >= 0.6 is 0 Å². The highest BCUT2D eigenvalue weighted by molar-refractivity contribution is 5.57. The van der Waals surface area contributed by atoms with E-state index in [1.165, 1.54) is 0 Å². The van der Waals surface area contributed by atoms with Crippen LogP contribution in [0.5, 0.6) is 0 Å². The smallest absolute Gasteiger partial charge is 0.250 e. The van der Waals surface area contributed by atoms with Gasteiger partial charge in [0.25, 0.3) is 0 Å². The fraction of sp³-hybridized carbons (Fsp3) is 0.857. The van der Waals surface area contributed by atoms with Gasteiger partial charge >= 0.3 is 0 Å². The van der Waals surface area contributed by atoms with Crippen molar-refractivity contribution in [3.8, 4) is 0 Å². The maximum absolute atomic E-state index is 12.6. The van der Waals surface area contributed by atoms with Gasteiger partial charge in [-0.1, -0.05) is 13.3 Å². The lowest BCUT2D eigenvalue weighted by atomic mass is 10.1. The van der Waals surface area contributed by atoms with Gasteiger partial charge in [0.1, 0.15) is 6.29 Å². The van der Waals surface area contributed by atoms with Gasteiger partial charge in [-0.2, -0.15) is 0 Å². The number of halogens is 2. The zero-order chi connectivity index (χ0) is 8.91. The third kappa shape index (κ3) is 4.84. The molecule has 0 saturated carbocycles. The van der Waals surface area contributed by atoms with Crippen LogP contribution in [0.15, 0.2) is 0 Å². The molecular weight excluding hydrogens is 152 g/mol. The van der Waals surface area contributed by atoms with E-state index in [-0.39, 0.29) is 6.42 Å². The van der Waals surface area contributed by atoms with Gasteiger partial charge in [0, 0.05) is 12.8 Å². The van der Waals surface area contributed by atoms with Crippen molar-refractivity contribution in [2.75, 3.05) is 0 Å². The first-order valence-corrected chi connectivity index (χ1v) is 3.60. The molecule has 66 valence electrons. The van der Waals surface area contributed by atoms with E-state index in [4.69, 9.17) is 5.73 Å². The van der Waals surface area contributed by atoms with Crippen LogP contribution in [0.25, 0.3) is 0 Å². The molecule has 0 amide bonds. The molecule has 0 aliphatic rings. The highest BCUT2D eigenvalue weighted by atomic mass is 19.3. The molecule has 0 fully saturated rings. The molecule has 0 radical (unpaired) electrons. The molecule has 0 aromatic rings. The second kappa shape index (κ2) is 4.38. The molecule has 0 spiro atoms. The first kappa shape index (κ1) is 10.5. The Balaban J connectivity index is 3.79. The second-order valence-corrected chi connectivity index (χ2v) is 2.61. The molecule has 2 nitrogen and oxygen atoms in total. The fourth-order valence-electron chi connectivity index (χ4n) is 0.861. The lowest BCUT2D eigenvalue weighted by Crippen LogP contribution is -2.31. The number of hydrogen-bond acceptors (Lipinski definition) is 2. The summed E-state index contributed by atoms with van der Waals surface area (Å²) in [4.78, 5) is 9.93. The number of carbonyl (C=O) groups excluding carboxylic acids is 1. The molecule has 11 heavy (non-hydrogen) atoms. The summed E-state index contributed by atoms with van der Waals surface area (Å²) >= 11 is 0. The van der Waals surface area contributed by atoms with E-state index >= 15 is 0 Å². The molecule has 0 aromatic carbocycles. The Hall–Kier alpha value is -0.510. The topological polar surface area (TPSA) is 43.1 Å². The first-order valence-electron chi connectivity index (χ1n) is 3.60. The Kier molecular flexibility index (Phi) is 4.18. The number of alkyl halides is 2. The van der Waals surface area contributed by atoms with E-state index < -0.39 is 18.4 Å². The number of nitrogens with two attached hydrogens (primary N) is 1. The SMILES string of the molecule is CCCC(F)(F)CC(N)C=O. The van der Waals surface area contributed by atoms with Crippen LogP contribution in [0, 0.1) is 0 Å². The standard InChI is InChI=1S/C7H13F2NO/c1-2-3-7(8,9)4-6(10)5-11/h5-6H,2-4,10H2,1H3. The number of hydrogen-bond donors (Lipinski definition) is 1. The van der Waals surface area contributed by atoms with Crippen molar-refractivity contribution in [3.05, 3.63) is 0 Å². The average molecular weight is 165 g/mol. The summed E-state index contributed by atoms with van der Waals surface area (Å²) in [7, 11) is 0. The van der Waals surface area contributed by atoms with E-state index in [2.05, 4.69) is 0 Å². The molecule has 0 rings (SSSR count). The van der Waals surface area contributed by atoms with Gasteiger partial charge in [0.05, 0.1) is 6.04 Å². The van der Waals surface area contributed by atoms with Crippen LogP contribution in [0.2, 0.25) is 0 Å². The Labute approximate surface area is 64.8 Å². The van der Waals surface area contributed by atoms with Crippen LogP contribution in [-0.4, -0.2) is 18.3 Å². The van der Waals surface area contributed by atoms with Gasteiger partial charge in [0.2, 0.25) is 5.92 Å². The fourth-order valence-corrected chi connectivity index (χ4v) is 0.861. The van der Waals surface area contributed by atoms with Crippen LogP contribution in [0.4, 0.5) is 8.78 Å². The lowest BCUT2D eigenvalue weighted by Gasteiger charge is -2.16. The maximum atomic E-state index is 12.6. The number of carbonyl (C=O) groups is 1. The zero-order valence-corrected chi connectivity index (χ0v) is 6.52. The molecule has 2 N–H and O–H groups in total. The Morgan fingerprint density at radius 2 is 2.18 bits per heavy atom. The van der Waals surface area contributed by atoms with Gasteiger partial charge < -0.3 is 10.5 Å². The zero-order valence-electron chi connectivity index (χ0n) is 6.52. The molecule has 0 bridgehead atoms. The van der Waals surface area contributed by atoms with Crippen LogP contribution in [-0.2, 0) is 4.79 Å². The summed E-state index contributed by atoms with van der Waals surface area (Å²) in [5, 5.41) is 0. The second-order valence-electron chi connectivity index (χ2n) is 2.61. The van der Waals surface area contributed by atoms with Crippen molar-refractivity contribution in [1.29, 1.82) is 0 Å². The van der Waals surface area contributed by atoms with Gasteiger partial charge in [-0.25, -0.2) is 8.78 Å². The number of aldehydes is 1. The predicted octanol–water partition coefficient (Wildman–Crippen LogP) is 1.34. The summed E-state index contributed by atoms with van der Waals surface area (Å²) in [5.74, 6) is -2.78. The van der Waals surface area contributed by atoms with Crippen LogP contribution < -0.4 is 5.73 Å². The van der Waals surface area contributed by atoms with E-state index in [0.717, 1.165) is 0 Å². The highest BCUT2D eigenvalue weighted by Crippen LogP contribution is 2.24. The van der Waals surface area contributed by atoms with E-state index in [1.807, 2.05) is 0 Å². The summed E-state index contributed by atoms with van der Waals surface area (Å²) in [6.45, 7) is 1.67. The van der Waals surface area contributed by atoms with E-state index in [0.29, 0.717) is 12.7 Å². The Bertz CT molecular complexity index is 128. The predicted molar refractivity (Wildman–Crippen MR) is 38.5 cm³/mol. The third-order valence-electron chi connectivity index (χ3n) is 1.32. The summed E-state index contributed by atoms with van der Waals surface area (Å²) in [6, 6.07) is -1.03. The minimum absolute atomic E-state index is 0.200. The summed E-state index contributed by atoms with van der Waals surface area (Å²) < 4.78 is 25.2. The Morgan fingerprint density at radius 1 is 1.64 bits per heavy atom.